The molecule has 1 aromatic rings. The van der Waals surface area contributed by atoms with E-state index in [0.717, 1.165) is 12.8 Å². The van der Waals surface area contributed by atoms with E-state index in [9.17, 15) is 13.2 Å². The van der Waals surface area contributed by atoms with Gasteiger partial charge in [0.05, 0.1) is 4.90 Å². The van der Waals surface area contributed by atoms with Crippen LogP contribution in [0.2, 0.25) is 0 Å². The third-order valence-corrected chi connectivity index (χ3v) is 5.89. The van der Waals surface area contributed by atoms with Crippen LogP contribution in [-0.2, 0) is 10.0 Å². The average Bonchev–Trinajstić information content (AvgIpc) is 2.37. The summed E-state index contributed by atoms with van der Waals surface area (Å²) in [4.78, 5) is 11.5. The highest BCUT2D eigenvalue weighted by Crippen LogP contribution is 2.29. The minimum atomic E-state index is -3.44. The van der Waals surface area contributed by atoms with Crippen molar-refractivity contribution in [1.82, 2.24) is 4.31 Å². The van der Waals surface area contributed by atoms with Gasteiger partial charge in [-0.15, -0.1) is 0 Å². The van der Waals surface area contributed by atoms with Crippen molar-refractivity contribution < 1.29 is 13.2 Å². The van der Waals surface area contributed by atoms with Crippen LogP contribution in [0.25, 0.3) is 0 Å². The van der Waals surface area contributed by atoms with Crippen LogP contribution in [0, 0.1) is 5.92 Å². The van der Waals surface area contributed by atoms with Crippen molar-refractivity contribution in [2.75, 3.05) is 13.1 Å². The molecule has 0 amide bonds. The molecule has 0 N–H and O–H groups in total. The Hall–Kier alpha value is -1.20. The van der Waals surface area contributed by atoms with Crippen LogP contribution in [0.1, 0.15) is 43.5 Å². The third kappa shape index (κ3) is 3.10. The number of rotatable bonds is 6. The lowest BCUT2D eigenvalue weighted by molar-refractivity contribution is 0.101. The zero-order valence-electron chi connectivity index (χ0n) is 12.0. The third-order valence-electron chi connectivity index (χ3n) is 3.94. The van der Waals surface area contributed by atoms with Crippen LogP contribution >= 0.6 is 0 Å². The van der Waals surface area contributed by atoms with E-state index in [4.69, 9.17) is 0 Å². The fourth-order valence-corrected chi connectivity index (χ4v) is 3.90. The van der Waals surface area contributed by atoms with Gasteiger partial charge >= 0.3 is 0 Å². The van der Waals surface area contributed by atoms with Crippen molar-refractivity contribution in [3.8, 4) is 0 Å². The fraction of sp³-hybridized carbons (Fsp3) is 0.533. The van der Waals surface area contributed by atoms with E-state index in [1.807, 2.05) is 6.92 Å². The summed E-state index contributed by atoms with van der Waals surface area (Å²) in [5.41, 5.74) is 0.533. The van der Waals surface area contributed by atoms with Gasteiger partial charge in [0.25, 0.3) is 0 Å². The molecule has 0 atom stereocenters. The SMILES string of the molecule is CCN(CC1CCC1)S(=O)(=O)c1ccc(C(C)=O)cc1. The molecule has 5 heteroatoms. The van der Waals surface area contributed by atoms with E-state index in [0.29, 0.717) is 24.6 Å². The van der Waals surface area contributed by atoms with Gasteiger partial charge in [-0.1, -0.05) is 25.5 Å². The second kappa shape index (κ2) is 6.06. The van der Waals surface area contributed by atoms with Gasteiger partial charge in [0.2, 0.25) is 10.0 Å². The Morgan fingerprint density at radius 1 is 1.25 bits per heavy atom. The summed E-state index contributed by atoms with van der Waals surface area (Å²) >= 11 is 0. The molecule has 0 bridgehead atoms. The van der Waals surface area contributed by atoms with Gasteiger partial charge in [0.1, 0.15) is 0 Å². The minimum Gasteiger partial charge on any atom is -0.295 e. The van der Waals surface area contributed by atoms with Crippen molar-refractivity contribution in [3.05, 3.63) is 29.8 Å². The van der Waals surface area contributed by atoms with Gasteiger partial charge in [-0.05, 0) is 37.8 Å². The predicted octanol–water partition coefficient (Wildman–Crippen LogP) is 2.70. The zero-order chi connectivity index (χ0) is 14.8. The van der Waals surface area contributed by atoms with Crippen LogP contribution in [0.15, 0.2) is 29.2 Å². The largest absolute Gasteiger partial charge is 0.295 e. The lowest BCUT2D eigenvalue weighted by Gasteiger charge is -2.31. The summed E-state index contributed by atoms with van der Waals surface area (Å²) < 4.78 is 26.7. The first-order chi connectivity index (χ1) is 9.45. The maximum atomic E-state index is 12.6. The monoisotopic (exact) mass is 295 g/mol. The lowest BCUT2D eigenvalue weighted by Crippen LogP contribution is -2.37. The number of hydrogen-bond donors (Lipinski definition) is 0. The van der Waals surface area contributed by atoms with Crippen LogP contribution in [0.4, 0.5) is 0 Å². The molecule has 0 aliphatic heterocycles. The molecule has 0 radical (unpaired) electrons. The number of nitrogens with zero attached hydrogens (tertiary/aromatic N) is 1. The number of carbonyl (C=O) groups is 1. The minimum absolute atomic E-state index is 0.0595. The molecular weight excluding hydrogens is 274 g/mol. The molecule has 0 heterocycles. The fourth-order valence-electron chi connectivity index (χ4n) is 2.37. The van der Waals surface area contributed by atoms with E-state index < -0.39 is 10.0 Å². The molecule has 20 heavy (non-hydrogen) atoms. The summed E-state index contributed by atoms with van der Waals surface area (Å²) in [7, 11) is -3.44. The van der Waals surface area contributed by atoms with Gasteiger partial charge < -0.3 is 0 Å². The molecule has 110 valence electrons. The summed E-state index contributed by atoms with van der Waals surface area (Å²) in [5.74, 6) is 0.442. The van der Waals surface area contributed by atoms with Crippen LogP contribution in [0.5, 0.6) is 0 Å². The Bertz CT molecular complexity index is 574. The zero-order valence-corrected chi connectivity index (χ0v) is 12.8. The average molecular weight is 295 g/mol. The normalized spacial score (nSPS) is 16.1. The molecule has 2 rings (SSSR count). The highest BCUT2D eigenvalue weighted by molar-refractivity contribution is 7.89. The van der Waals surface area contributed by atoms with E-state index in [2.05, 4.69) is 0 Å². The maximum Gasteiger partial charge on any atom is 0.243 e. The lowest BCUT2D eigenvalue weighted by atomic mass is 9.85. The molecule has 0 spiro atoms. The number of benzene rings is 1. The molecule has 1 aliphatic rings. The van der Waals surface area contributed by atoms with Gasteiger partial charge in [-0.2, -0.15) is 4.31 Å². The number of Topliss-reactive ketones (excluding diaryl/α,β-unsaturated/α-hetero) is 1. The molecule has 1 fully saturated rings. The van der Waals surface area contributed by atoms with Gasteiger partial charge in [0.15, 0.2) is 5.78 Å². The topological polar surface area (TPSA) is 54.5 Å². The van der Waals surface area contributed by atoms with E-state index in [1.54, 1.807) is 16.4 Å². The smallest absolute Gasteiger partial charge is 0.243 e. The number of sulfonamides is 1. The van der Waals surface area contributed by atoms with Crippen LogP contribution < -0.4 is 0 Å². The molecular formula is C15H21NO3S. The Kier molecular flexibility index (Phi) is 4.60. The van der Waals surface area contributed by atoms with Crippen molar-refractivity contribution in [1.29, 1.82) is 0 Å². The number of ketones is 1. The number of carbonyl (C=O) groups excluding carboxylic acids is 1. The first-order valence-electron chi connectivity index (χ1n) is 7.06. The Labute approximate surface area is 120 Å². The molecule has 1 aromatic carbocycles. The van der Waals surface area contributed by atoms with E-state index in [1.165, 1.54) is 25.5 Å². The molecule has 1 saturated carbocycles. The second-order valence-electron chi connectivity index (χ2n) is 5.33. The quantitative estimate of drug-likeness (QED) is 0.758. The summed E-state index contributed by atoms with van der Waals surface area (Å²) in [6, 6.07) is 6.20. The van der Waals surface area contributed by atoms with Crippen molar-refractivity contribution in [3.63, 3.8) is 0 Å². The maximum absolute atomic E-state index is 12.6. The second-order valence-corrected chi connectivity index (χ2v) is 7.27. The standard InChI is InChI=1S/C15H21NO3S/c1-3-16(11-13-5-4-6-13)20(18,19)15-9-7-14(8-10-15)12(2)17/h7-10,13H,3-6,11H2,1-2H3. The van der Waals surface area contributed by atoms with Crippen LogP contribution in [0.3, 0.4) is 0 Å². The summed E-state index contributed by atoms with van der Waals surface area (Å²) in [6.45, 7) is 4.42. The van der Waals surface area contributed by atoms with Gasteiger partial charge in [0, 0.05) is 18.7 Å². The first kappa shape index (κ1) is 15.2. The molecule has 4 nitrogen and oxygen atoms in total. The summed E-state index contributed by atoms with van der Waals surface area (Å²) in [5, 5.41) is 0. The van der Waals surface area contributed by atoms with Crippen LogP contribution in [-0.4, -0.2) is 31.6 Å². The molecule has 0 saturated heterocycles. The highest BCUT2D eigenvalue weighted by atomic mass is 32.2. The first-order valence-corrected chi connectivity index (χ1v) is 8.50. The van der Waals surface area contributed by atoms with Crippen molar-refractivity contribution in [2.24, 2.45) is 5.92 Å². The van der Waals surface area contributed by atoms with Gasteiger partial charge in [-0.25, -0.2) is 8.42 Å². The number of hydrogen-bond acceptors (Lipinski definition) is 3. The molecule has 1 aliphatic carbocycles. The van der Waals surface area contributed by atoms with E-state index >= 15 is 0 Å². The van der Waals surface area contributed by atoms with Crippen molar-refractivity contribution >= 4 is 15.8 Å². The van der Waals surface area contributed by atoms with E-state index in [-0.39, 0.29) is 10.7 Å². The Balaban J connectivity index is 2.20. The molecule has 0 unspecified atom stereocenters. The molecule has 0 aromatic heterocycles. The van der Waals surface area contributed by atoms with Gasteiger partial charge in [-0.3, -0.25) is 4.79 Å². The Morgan fingerprint density at radius 3 is 2.25 bits per heavy atom. The predicted molar refractivity (Wildman–Crippen MR) is 78.2 cm³/mol. The Morgan fingerprint density at radius 2 is 1.85 bits per heavy atom. The highest BCUT2D eigenvalue weighted by Gasteiger charge is 2.28. The van der Waals surface area contributed by atoms with Crippen molar-refractivity contribution in [2.45, 2.75) is 38.0 Å². The summed E-state index contributed by atoms with van der Waals surface area (Å²) in [6.07, 6.45) is 3.44.